The standard InChI is InChI=1S/C20H16N2OS/c23-20(19-17(10-11-24-19)14-6-2-1-3-7-14)21-13-16-12-15-8-4-5-9-18(15)22-16/h1-12,22H,13H2,(H,21,23). The van der Waals surface area contributed by atoms with E-state index in [1.165, 1.54) is 11.3 Å². The van der Waals surface area contributed by atoms with E-state index in [-0.39, 0.29) is 5.91 Å². The normalized spacial score (nSPS) is 10.8. The van der Waals surface area contributed by atoms with E-state index < -0.39 is 0 Å². The van der Waals surface area contributed by atoms with Crippen LogP contribution in [0.25, 0.3) is 22.0 Å². The van der Waals surface area contributed by atoms with Crippen molar-refractivity contribution in [1.29, 1.82) is 0 Å². The molecule has 0 aliphatic rings. The fraction of sp³-hybridized carbons (Fsp3) is 0.0500. The molecule has 4 heteroatoms. The summed E-state index contributed by atoms with van der Waals surface area (Å²) in [6, 6.07) is 22.2. The van der Waals surface area contributed by atoms with Gasteiger partial charge in [-0.2, -0.15) is 0 Å². The molecular weight excluding hydrogens is 316 g/mol. The molecule has 1 amide bonds. The van der Waals surface area contributed by atoms with Crippen LogP contribution in [0.15, 0.2) is 72.1 Å². The number of aromatic amines is 1. The predicted molar refractivity (Wildman–Crippen MR) is 99.2 cm³/mol. The smallest absolute Gasteiger partial charge is 0.262 e. The quantitative estimate of drug-likeness (QED) is 0.552. The van der Waals surface area contributed by atoms with Crippen molar-refractivity contribution in [1.82, 2.24) is 10.3 Å². The lowest BCUT2D eigenvalue weighted by molar-refractivity contribution is 0.0955. The maximum Gasteiger partial charge on any atom is 0.262 e. The lowest BCUT2D eigenvalue weighted by Crippen LogP contribution is -2.22. The second kappa shape index (κ2) is 6.34. The number of H-pyrrole nitrogens is 1. The van der Waals surface area contributed by atoms with Crippen LogP contribution in [0.3, 0.4) is 0 Å². The average Bonchev–Trinajstić information content (AvgIpc) is 3.27. The van der Waals surface area contributed by atoms with Gasteiger partial charge in [-0.3, -0.25) is 4.79 Å². The molecule has 0 unspecified atom stereocenters. The van der Waals surface area contributed by atoms with Gasteiger partial charge < -0.3 is 10.3 Å². The summed E-state index contributed by atoms with van der Waals surface area (Å²) in [5, 5.41) is 6.13. The van der Waals surface area contributed by atoms with Gasteiger partial charge in [0.2, 0.25) is 0 Å². The first-order valence-electron chi connectivity index (χ1n) is 7.79. The van der Waals surface area contributed by atoms with Crippen LogP contribution in [0.2, 0.25) is 0 Å². The number of aromatic nitrogens is 1. The van der Waals surface area contributed by atoms with Crippen LogP contribution in [0.4, 0.5) is 0 Å². The van der Waals surface area contributed by atoms with Crippen molar-refractivity contribution < 1.29 is 4.79 Å². The number of fused-ring (bicyclic) bond motifs is 1. The number of benzene rings is 2. The molecule has 2 N–H and O–H groups in total. The molecule has 0 fully saturated rings. The van der Waals surface area contributed by atoms with Crippen molar-refractivity contribution in [2.75, 3.05) is 0 Å². The highest BCUT2D eigenvalue weighted by Gasteiger charge is 2.14. The number of carbonyl (C=O) groups is 1. The Morgan fingerprint density at radius 3 is 2.62 bits per heavy atom. The molecule has 0 radical (unpaired) electrons. The van der Waals surface area contributed by atoms with E-state index in [9.17, 15) is 4.79 Å². The van der Waals surface area contributed by atoms with Gasteiger partial charge in [-0.1, -0.05) is 48.5 Å². The molecule has 0 spiro atoms. The highest BCUT2D eigenvalue weighted by atomic mass is 32.1. The molecule has 24 heavy (non-hydrogen) atoms. The van der Waals surface area contributed by atoms with Crippen LogP contribution in [0, 0.1) is 0 Å². The first kappa shape index (κ1) is 14.7. The van der Waals surface area contributed by atoms with Crippen LogP contribution in [-0.2, 0) is 6.54 Å². The molecule has 2 aromatic heterocycles. The number of carbonyl (C=O) groups excluding carboxylic acids is 1. The molecule has 0 saturated carbocycles. The Morgan fingerprint density at radius 2 is 1.79 bits per heavy atom. The molecule has 0 bridgehead atoms. The number of para-hydroxylation sites is 1. The van der Waals surface area contributed by atoms with Crippen molar-refractivity contribution in [3.05, 3.63) is 82.7 Å². The van der Waals surface area contributed by atoms with E-state index in [0.717, 1.165) is 32.6 Å². The topological polar surface area (TPSA) is 44.9 Å². The minimum Gasteiger partial charge on any atom is -0.357 e. The van der Waals surface area contributed by atoms with E-state index >= 15 is 0 Å². The van der Waals surface area contributed by atoms with E-state index in [1.54, 1.807) is 0 Å². The highest BCUT2D eigenvalue weighted by Crippen LogP contribution is 2.28. The molecule has 2 heterocycles. The summed E-state index contributed by atoms with van der Waals surface area (Å²) in [4.78, 5) is 16.7. The zero-order valence-corrected chi connectivity index (χ0v) is 13.8. The van der Waals surface area contributed by atoms with Crippen molar-refractivity contribution in [2.24, 2.45) is 0 Å². The number of hydrogen-bond acceptors (Lipinski definition) is 2. The van der Waals surface area contributed by atoms with E-state index in [2.05, 4.69) is 22.4 Å². The predicted octanol–water partition coefficient (Wildman–Crippen LogP) is 4.83. The Bertz CT molecular complexity index is 952. The second-order valence-corrected chi connectivity index (χ2v) is 6.51. The van der Waals surface area contributed by atoms with Crippen LogP contribution >= 0.6 is 11.3 Å². The van der Waals surface area contributed by atoms with Crippen LogP contribution < -0.4 is 5.32 Å². The number of amides is 1. The van der Waals surface area contributed by atoms with Crippen LogP contribution in [-0.4, -0.2) is 10.9 Å². The third kappa shape index (κ3) is 2.84. The zero-order chi connectivity index (χ0) is 16.4. The fourth-order valence-corrected chi connectivity index (χ4v) is 3.65. The summed E-state index contributed by atoms with van der Waals surface area (Å²) in [5.74, 6) is -0.0393. The maximum atomic E-state index is 12.6. The molecular formula is C20H16N2OS. The number of nitrogens with one attached hydrogen (secondary N) is 2. The molecule has 4 rings (SSSR count). The van der Waals surface area contributed by atoms with Gasteiger partial charge in [0, 0.05) is 16.8 Å². The third-order valence-electron chi connectivity index (χ3n) is 3.98. The van der Waals surface area contributed by atoms with Crippen molar-refractivity contribution in [3.63, 3.8) is 0 Å². The van der Waals surface area contributed by atoms with E-state index in [1.807, 2.05) is 60.0 Å². The van der Waals surface area contributed by atoms with E-state index in [4.69, 9.17) is 0 Å². The molecule has 4 aromatic rings. The van der Waals surface area contributed by atoms with Gasteiger partial charge in [-0.15, -0.1) is 11.3 Å². The molecule has 0 atom stereocenters. The van der Waals surface area contributed by atoms with Gasteiger partial charge in [-0.05, 0) is 34.5 Å². The molecule has 0 saturated heterocycles. The highest BCUT2D eigenvalue weighted by molar-refractivity contribution is 7.12. The first-order valence-corrected chi connectivity index (χ1v) is 8.67. The lowest BCUT2D eigenvalue weighted by Gasteiger charge is -2.05. The molecule has 0 aliphatic carbocycles. The summed E-state index contributed by atoms with van der Waals surface area (Å²) in [5.41, 5.74) is 4.13. The molecule has 3 nitrogen and oxygen atoms in total. The fourth-order valence-electron chi connectivity index (χ4n) is 2.81. The Balaban J connectivity index is 1.52. The minimum atomic E-state index is -0.0393. The maximum absolute atomic E-state index is 12.6. The summed E-state index contributed by atoms with van der Waals surface area (Å²) >= 11 is 1.47. The minimum absolute atomic E-state index is 0.0393. The SMILES string of the molecule is O=C(NCc1cc2ccccc2[nH]1)c1sccc1-c1ccccc1. The van der Waals surface area contributed by atoms with Gasteiger partial charge >= 0.3 is 0 Å². The Labute approximate surface area is 144 Å². The summed E-state index contributed by atoms with van der Waals surface area (Å²) < 4.78 is 0. The van der Waals surface area contributed by atoms with Crippen LogP contribution in [0.5, 0.6) is 0 Å². The van der Waals surface area contributed by atoms with Crippen molar-refractivity contribution >= 4 is 28.1 Å². The Hall–Kier alpha value is -2.85. The van der Waals surface area contributed by atoms with Gasteiger partial charge in [0.05, 0.1) is 11.4 Å². The third-order valence-corrected chi connectivity index (χ3v) is 4.89. The monoisotopic (exact) mass is 332 g/mol. The first-order chi connectivity index (χ1) is 11.8. The second-order valence-electron chi connectivity index (χ2n) is 5.59. The van der Waals surface area contributed by atoms with E-state index in [0.29, 0.717) is 6.54 Å². The average molecular weight is 332 g/mol. The van der Waals surface area contributed by atoms with Gasteiger partial charge in [0.15, 0.2) is 0 Å². The van der Waals surface area contributed by atoms with Crippen molar-refractivity contribution in [3.8, 4) is 11.1 Å². The lowest BCUT2D eigenvalue weighted by atomic mass is 10.1. The number of hydrogen-bond donors (Lipinski definition) is 2. The summed E-state index contributed by atoms with van der Waals surface area (Å²) in [6.07, 6.45) is 0. The Kier molecular flexibility index (Phi) is 3.89. The van der Waals surface area contributed by atoms with Gasteiger partial charge in [0.1, 0.15) is 0 Å². The number of rotatable bonds is 4. The molecule has 0 aliphatic heterocycles. The summed E-state index contributed by atoms with van der Waals surface area (Å²) in [7, 11) is 0. The Morgan fingerprint density at radius 1 is 1.00 bits per heavy atom. The molecule has 118 valence electrons. The van der Waals surface area contributed by atoms with Crippen molar-refractivity contribution in [2.45, 2.75) is 6.54 Å². The largest absolute Gasteiger partial charge is 0.357 e. The number of thiophene rings is 1. The molecule has 2 aromatic carbocycles. The van der Waals surface area contributed by atoms with Gasteiger partial charge in [0.25, 0.3) is 5.91 Å². The van der Waals surface area contributed by atoms with Gasteiger partial charge in [-0.25, -0.2) is 0 Å². The summed E-state index contributed by atoms with van der Waals surface area (Å²) in [6.45, 7) is 0.486. The zero-order valence-electron chi connectivity index (χ0n) is 13.0. The van der Waals surface area contributed by atoms with Crippen LogP contribution in [0.1, 0.15) is 15.4 Å².